The van der Waals surface area contributed by atoms with E-state index < -0.39 is 5.97 Å². The number of nitrogens with one attached hydrogen (secondary N) is 1. The van der Waals surface area contributed by atoms with Gasteiger partial charge in [-0.25, -0.2) is 4.79 Å². The summed E-state index contributed by atoms with van der Waals surface area (Å²) in [5.41, 5.74) is 5.18. The van der Waals surface area contributed by atoms with Crippen LogP contribution in [-0.4, -0.2) is 22.2 Å². The number of carboxylic acids is 1. The van der Waals surface area contributed by atoms with Gasteiger partial charge in [0.15, 0.2) is 0 Å². The summed E-state index contributed by atoms with van der Waals surface area (Å²) >= 11 is 6.31. The van der Waals surface area contributed by atoms with Crippen molar-refractivity contribution in [2.75, 3.05) is 6.54 Å². The average molecular weight is 397 g/mol. The minimum atomic E-state index is -0.890. The van der Waals surface area contributed by atoms with Crippen molar-refractivity contribution in [3.8, 4) is 0 Å². The Hall–Kier alpha value is -2.56. The third kappa shape index (κ3) is 4.46. The molecule has 0 aliphatic rings. The summed E-state index contributed by atoms with van der Waals surface area (Å²) < 4.78 is 2.04. The molecule has 0 saturated carbocycles. The fraction of sp³-hybridized carbons (Fsp3) is 0.261. The predicted molar refractivity (Wildman–Crippen MR) is 113 cm³/mol. The lowest BCUT2D eigenvalue weighted by Crippen LogP contribution is -2.18. The van der Waals surface area contributed by atoms with Gasteiger partial charge in [-0.05, 0) is 44.0 Å². The largest absolute Gasteiger partial charge is 0.478 e. The molecule has 4 nitrogen and oxygen atoms in total. The first-order chi connectivity index (χ1) is 13.5. The Kier molecular flexibility index (Phi) is 6.55. The van der Waals surface area contributed by atoms with Crippen molar-refractivity contribution < 1.29 is 9.90 Å². The molecule has 0 aliphatic carbocycles. The van der Waals surface area contributed by atoms with E-state index in [9.17, 15) is 9.90 Å². The number of nitrogens with zero attached hydrogens (tertiary/aromatic N) is 1. The fourth-order valence-corrected chi connectivity index (χ4v) is 3.77. The number of hydrogen-bond donors (Lipinski definition) is 2. The van der Waals surface area contributed by atoms with Crippen molar-refractivity contribution in [3.63, 3.8) is 0 Å². The molecule has 0 atom stereocenters. The van der Waals surface area contributed by atoms with Crippen molar-refractivity contribution in [2.45, 2.75) is 33.4 Å². The van der Waals surface area contributed by atoms with Gasteiger partial charge >= 0.3 is 5.97 Å². The minimum absolute atomic E-state index is 0.386. The van der Waals surface area contributed by atoms with Crippen molar-refractivity contribution in [3.05, 3.63) is 93.3 Å². The summed E-state index contributed by atoms with van der Waals surface area (Å²) in [4.78, 5) is 11.9. The van der Waals surface area contributed by atoms with Crippen LogP contribution in [-0.2, 0) is 19.5 Å². The number of hydrogen-bond acceptors (Lipinski definition) is 2. The van der Waals surface area contributed by atoms with Crippen LogP contribution in [0.4, 0.5) is 0 Å². The van der Waals surface area contributed by atoms with Crippen LogP contribution in [0.5, 0.6) is 0 Å². The molecule has 28 heavy (non-hydrogen) atoms. The van der Waals surface area contributed by atoms with Crippen molar-refractivity contribution in [1.82, 2.24) is 9.88 Å². The van der Waals surface area contributed by atoms with E-state index in [-0.39, 0.29) is 0 Å². The Morgan fingerprint density at radius 2 is 1.71 bits per heavy atom. The van der Waals surface area contributed by atoms with E-state index >= 15 is 0 Å². The normalized spacial score (nSPS) is 11.0. The SMILES string of the molecule is Cc1c(CNCCc2ccccc2)c(C(=O)O)c(C)n1Cc1ccccc1Cl. The fourth-order valence-electron chi connectivity index (χ4n) is 3.57. The smallest absolute Gasteiger partial charge is 0.337 e. The molecule has 146 valence electrons. The Labute approximate surface area is 170 Å². The van der Waals surface area contributed by atoms with Crippen LogP contribution >= 0.6 is 11.6 Å². The molecule has 0 radical (unpaired) electrons. The number of benzene rings is 2. The molecular formula is C23H25ClN2O2. The highest BCUT2D eigenvalue weighted by molar-refractivity contribution is 6.31. The van der Waals surface area contributed by atoms with Crippen molar-refractivity contribution in [2.24, 2.45) is 0 Å². The molecule has 0 unspecified atom stereocenters. The molecule has 2 N–H and O–H groups in total. The van der Waals surface area contributed by atoms with E-state index in [1.807, 2.05) is 60.9 Å². The third-order valence-electron chi connectivity index (χ3n) is 5.15. The van der Waals surface area contributed by atoms with E-state index in [4.69, 9.17) is 11.6 Å². The quantitative estimate of drug-likeness (QED) is 0.536. The number of aromatic carboxylic acids is 1. The number of halogens is 1. The molecule has 1 heterocycles. The second kappa shape index (κ2) is 9.09. The van der Waals surface area contributed by atoms with Gasteiger partial charge in [-0.1, -0.05) is 60.1 Å². The Balaban J connectivity index is 1.78. The summed E-state index contributed by atoms with van der Waals surface area (Å²) in [6.07, 6.45) is 0.904. The van der Waals surface area contributed by atoms with E-state index in [1.54, 1.807) is 0 Å². The zero-order valence-electron chi connectivity index (χ0n) is 16.2. The topological polar surface area (TPSA) is 54.3 Å². The molecule has 0 fully saturated rings. The average Bonchev–Trinajstić information content (AvgIpc) is 2.92. The molecule has 0 spiro atoms. The number of carboxylic acid groups (broad SMARTS) is 1. The van der Waals surface area contributed by atoms with Gasteiger partial charge < -0.3 is 15.0 Å². The summed E-state index contributed by atoms with van der Waals surface area (Å²) in [7, 11) is 0. The molecule has 5 heteroatoms. The second-order valence-electron chi connectivity index (χ2n) is 6.92. The first kappa shape index (κ1) is 20.2. The van der Waals surface area contributed by atoms with Gasteiger partial charge in [0.1, 0.15) is 0 Å². The van der Waals surface area contributed by atoms with Crippen molar-refractivity contribution in [1.29, 1.82) is 0 Å². The first-order valence-corrected chi connectivity index (χ1v) is 9.76. The van der Waals surface area contributed by atoms with Crippen LogP contribution in [0.3, 0.4) is 0 Å². The molecule has 0 bridgehead atoms. The summed E-state index contributed by atoms with van der Waals surface area (Å²) in [5.74, 6) is -0.890. The maximum Gasteiger partial charge on any atom is 0.337 e. The van der Waals surface area contributed by atoms with E-state index in [0.717, 1.165) is 35.5 Å². The van der Waals surface area contributed by atoms with Gasteiger partial charge in [0.25, 0.3) is 0 Å². The van der Waals surface area contributed by atoms with Crippen LogP contribution in [0.2, 0.25) is 5.02 Å². The van der Waals surface area contributed by atoms with Gasteiger partial charge in [0.2, 0.25) is 0 Å². The monoisotopic (exact) mass is 396 g/mol. The molecule has 0 amide bonds. The summed E-state index contributed by atoms with van der Waals surface area (Å²) in [6, 6.07) is 17.9. The molecule has 2 aromatic carbocycles. The van der Waals surface area contributed by atoms with Crippen molar-refractivity contribution >= 4 is 17.6 Å². The molecule has 3 rings (SSSR count). The maximum absolute atomic E-state index is 11.9. The molecule has 0 aliphatic heterocycles. The minimum Gasteiger partial charge on any atom is -0.478 e. The standard InChI is InChI=1S/C23H25ClN2O2/c1-16-20(14-25-13-12-18-8-4-3-5-9-18)22(23(27)28)17(2)26(16)15-19-10-6-7-11-21(19)24/h3-11,25H,12-15H2,1-2H3,(H,27,28). The zero-order valence-corrected chi connectivity index (χ0v) is 17.0. The van der Waals surface area contributed by atoms with Crippen LogP contribution in [0.15, 0.2) is 54.6 Å². The van der Waals surface area contributed by atoms with Gasteiger partial charge in [-0.15, -0.1) is 0 Å². The lowest BCUT2D eigenvalue weighted by atomic mass is 10.1. The third-order valence-corrected chi connectivity index (χ3v) is 5.51. The predicted octanol–water partition coefficient (Wildman–Crippen LogP) is 4.84. The van der Waals surface area contributed by atoms with Gasteiger partial charge in [0, 0.05) is 35.1 Å². The van der Waals surface area contributed by atoms with Crippen LogP contribution in [0.1, 0.15) is 38.4 Å². The molecule has 1 aromatic heterocycles. The van der Waals surface area contributed by atoms with Crippen LogP contribution in [0, 0.1) is 13.8 Å². The number of carbonyl (C=O) groups is 1. The number of aromatic nitrogens is 1. The zero-order chi connectivity index (χ0) is 20.1. The van der Waals surface area contributed by atoms with Gasteiger partial charge in [-0.3, -0.25) is 0 Å². The highest BCUT2D eigenvalue weighted by atomic mass is 35.5. The second-order valence-corrected chi connectivity index (χ2v) is 7.33. The van der Waals surface area contributed by atoms with Gasteiger partial charge in [0.05, 0.1) is 5.56 Å². The summed E-state index contributed by atoms with van der Waals surface area (Å²) in [5, 5.41) is 13.9. The highest BCUT2D eigenvalue weighted by Gasteiger charge is 2.22. The van der Waals surface area contributed by atoms with E-state index in [2.05, 4.69) is 17.4 Å². The highest BCUT2D eigenvalue weighted by Crippen LogP contribution is 2.25. The van der Waals surface area contributed by atoms with E-state index in [0.29, 0.717) is 23.7 Å². The summed E-state index contributed by atoms with van der Waals surface area (Å²) in [6.45, 7) is 5.71. The van der Waals surface area contributed by atoms with Crippen LogP contribution in [0.25, 0.3) is 0 Å². The Morgan fingerprint density at radius 3 is 2.39 bits per heavy atom. The maximum atomic E-state index is 11.9. The molecule has 3 aromatic rings. The first-order valence-electron chi connectivity index (χ1n) is 9.39. The lowest BCUT2D eigenvalue weighted by Gasteiger charge is -2.11. The van der Waals surface area contributed by atoms with Gasteiger partial charge in [-0.2, -0.15) is 0 Å². The van der Waals surface area contributed by atoms with Crippen LogP contribution < -0.4 is 5.32 Å². The molecular weight excluding hydrogens is 372 g/mol. The number of rotatable bonds is 8. The Morgan fingerprint density at radius 1 is 1.04 bits per heavy atom. The molecule has 0 saturated heterocycles. The van der Waals surface area contributed by atoms with E-state index in [1.165, 1.54) is 5.56 Å². The lowest BCUT2D eigenvalue weighted by molar-refractivity contribution is 0.0694. The Bertz CT molecular complexity index is 964.